The minimum Gasteiger partial charge on any atom is -0.747 e. The minimum absolute atomic E-state index is 0.0257. The molecule has 1 rings (SSSR count). The molecule has 1 aromatic carbocycles. The fraction of sp³-hybridized carbons (Fsp3) is 0.667. The van der Waals surface area contributed by atoms with Crippen LogP contribution in [0.1, 0.15) is 59.9 Å². The molecule has 3 unspecified atom stereocenters. The molecule has 0 aliphatic rings. The molecule has 4 N–H and O–H groups in total. The summed E-state index contributed by atoms with van der Waals surface area (Å²) in [6.45, 7) is 9.20. The van der Waals surface area contributed by atoms with E-state index in [2.05, 4.69) is 34.6 Å². The smallest absolute Gasteiger partial charge is 0.218 e. The molecule has 35 heavy (non-hydrogen) atoms. The summed E-state index contributed by atoms with van der Waals surface area (Å²) in [4.78, 5) is 25.9. The molecule has 0 spiro atoms. The summed E-state index contributed by atoms with van der Waals surface area (Å²) in [6.07, 6.45) is -6.36. The Morgan fingerprint density at radius 2 is 1.37 bits per heavy atom. The zero-order chi connectivity index (χ0) is 27.4. The van der Waals surface area contributed by atoms with Crippen LogP contribution in [0.2, 0.25) is 0 Å². The van der Waals surface area contributed by atoms with Gasteiger partial charge in [0.25, 0.3) is 0 Å². The van der Waals surface area contributed by atoms with Crippen LogP contribution in [-0.4, -0.2) is 81.2 Å². The molecular formula is C24H37O10S-. The molecular weight excluding hydrogens is 480 g/mol. The van der Waals surface area contributed by atoms with Crippen LogP contribution >= 0.6 is 0 Å². The first-order chi connectivity index (χ1) is 15.9. The highest BCUT2D eigenvalue weighted by Crippen LogP contribution is 2.37. The van der Waals surface area contributed by atoms with Crippen molar-refractivity contribution >= 4 is 21.7 Å². The molecule has 0 aliphatic heterocycles. The number of aliphatic hydroxyl groups excluding tert-OH is 4. The predicted molar refractivity (Wildman–Crippen MR) is 127 cm³/mol. The van der Waals surface area contributed by atoms with Gasteiger partial charge in [0.15, 0.2) is 11.6 Å². The van der Waals surface area contributed by atoms with E-state index in [4.69, 9.17) is 4.74 Å². The van der Waals surface area contributed by atoms with Crippen LogP contribution in [0.3, 0.4) is 0 Å². The van der Waals surface area contributed by atoms with Crippen molar-refractivity contribution in [3.63, 3.8) is 0 Å². The normalized spacial score (nSPS) is 17.2. The lowest BCUT2D eigenvalue weighted by Crippen LogP contribution is -2.68. The Morgan fingerprint density at radius 1 is 0.943 bits per heavy atom. The molecule has 0 radical (unpaired) electrons. The SMILES string of the molecule is CCC(Oc1ccc(C(C)(C)CC(C)(C)C)cc1)C(C(=O)C(O)CO)(C(=O)C(O)CO)S(=O)(=O)[O-]. The summed E-state index contributed by atoms with van der Waals surface area (Å²) in [5.74, 6) is -3.66. The highest BCUT2D eigenvalue weighted by molar-refractivity contribution is 7.89. The van der Waals surface area contributed by atoms with Crippen LogP contribution < -0.4 is 4.74 Å². The van der Waals surface area contributed by atoms with E-state index in [0.29, 0.717) is 0 Å². The average molecular weight is 518 g/mol. The van der Waals surface area contributed by atoms with Gasteiger partial charge in [0.2, 0.25) is 4.75 Å². The van der Waals surface area contributed by atoms with Crippen molar-refractivity contribution in [1.29, 1.82) is 0 Å². The van der Waals surface area contributed by atoms with E-state index in [1.807, 2.05) is 0 Å². The molecule has 0 heterocycles. The summed E-state index contributed by atoms with van der Waals surface area (Å²) in [5, 5.41) is 38.2. The number of Topliss-reactive ketones (excluding diaryl/α,β-unsaturated/α-hetero) is 2. The van der Waals surface area contributed by atoms with Gasteiger partial charge in [0.1, 0.15) is 34.2 Å². The fourth-order valence-electron chi connectivity index (χ4n) is 4.54. The number of carbonyl (C=O) groups excluding carboxylic acids is 2. The number of carbonyl (C=O) groups is 2. The van der Waals surface area contributed by atoms with Crippen molar-refractivity contribution in [2.75, 3.05) is 13.2 Å². The Labute approximate surface area is 206 Å². The average Bonchev–Trinajstić information content (AvgIpc) is 2.74. The van der Waals surface area contributed by atoms with Gasteiger partial charge in [-0.2, -0.15) is 0 Å². The molecule has 0 saturated carbocycles. The van der Waals surface area contributed by atoms with E-state index < -0.39 is 58.0 Å². The van der Waals surface area contributed by atoms with E-state index in [1.54, 1.807) is 12.1 Å². The predicted octanol–water partition coefficient (Wildman–Crippen LogP) is 0.686. The molecule has 0 aliphatic carbocycles. The van der Waals surface area contributed by atoms with E-state index >= 15 is 0 Å². The standard InChI is InChI=1S/C24H38O10S/c1-7-19(34-16-10-8-15(9-11-16)23(5,6)14-22(2,3)4)24(35(31,32)33,20(29)17(27)12-25)21(30)18(28)13-26/h8-11,17-19,25-28H,7,12-14H2,1-6H3,(H,31,32,33)/p-1. The quantitative estimate of drug-likeness (QED) is 0.214. The number of aliphatic hydroxyl groups is 4. The molecule has 200 valence electrons. The Hall–Kier alpha value is -1.89. The molecule has 0 bridgehead atoms. The first-order valence-electron chi connectivity index (χ1n) is 11.3. The zero-order valence-corrected chi connectivity index (χ0v) is 21.8. The molecule has 0 saturated heterocycles. The Bertz CT molecular complexity index is 955. The van der Waals surface area contributed by atoms with Crippen molar-refractivity contribution in [2.45, 2.75) is 82.9 Å². The van der Waals surface area contributed by atoms with Crippen LogP contribution in [0.25, 0.3) is 0 Å². The van der Waals surface area contributed by atoms with Crippen molar-refractivity contribution in [1.82, 2.24) is 0 Å². The molecule has 1 aromatic rings. The van der Waals surface area contributed by atoms with Gasteiger partial charge < -0.3 is 29.7 Å². The molecule has 3 atom stereocenters. The summed E-state index contributed by atoms with van der Waals surface area (Å²) in [7, 11) is -5.93. The lowest BCUT2D eigenvalue weighted by atomic mass is 9.72. The second kappa shape index (κ2) is 11.4. The van der Waals surface area contributed by atoms with Gasteiger partial charge in [-0.15, -0.1) is 0 Å². The maximum absolute atomic E-state index is 12.9. The van der Waals surface area contributed by atoms with Gasteiger partial charge in [-0.25, -0.2) is 8.42 Å². The van der Waals surface area contributed by atoms with Crippen LogP contribution in [0.4, 0.5) is 0 Å². The van der Waals surface area contributed by atoms with Gasteiger partial charge in [-0.1, -0.05) is 53.7 Å². The van der Waals surface area contributed by atoms with Gasteiger partial charge in [-0.3, -0.25) is 9.59 Å². The van der Waals surface area contributed by atoms with Crippen molar-refractivity contribution in [3.8, 4) is 5.75 Å². The largest absolute Gasteiger partial charge is 0.747 e. The minimum atomic E-state index is -5.93. The van der Waals surface area contributed by atoms with Crippen LogP contribution in [-0.2, 0) is 25.1 Å². The number of hydrogen-bond acceptors (Lipinski definition) is 10. The van der Waals surface area contributed by atoms with E-state index in [1.165, 1.54) is 19.1 Å². The van der Waals surface area contributed by atoms with Gasteiger partial charge in [0.05, 0.1) is 13.2 Å². The second-order valence-electron chi connectivity index (χ2n) is 10.5. The van der Waals surface area contributed by atoms with Gasteiger partial charge in [-0.05, 0) is 41.4 Å². The molecule has 10 nitrogen and oxygen atoms in total. The first-order valence-corrected chi connectivity index (χ1v) is 12.7. The third-order valence-corrected chi connectivity index (χ3v) is 7.24. The number of ether oxygens (including phenoxy) is 1. The highest BCUT2D eigenvalue weighted by atomic mass is 32.2. The lowest BCUT2D eigenvalue weighted by Gasteiger charge is -2.40. The van der Waals surface area contributed by atoms with Crippen LogP contribution in [0, 0.1) is 5.41 Å². The fourth-order valence-corrected chi connectivity index (χ4v) is 5.84. The maximum Gasteiger partial charge on any atom is 0.218 e. The first kappa shape index (κ1) is 31.1. The third-order valence-electron chi connectivity index (χ3n) is 5.79. The Morgan fingerprint density at radius 3 is 1.69 bits per heavy atom. The van der Waals surface area contributed by atoms with Crippen molar-refractivity contribution in [3.05, 3.63) is 29.8 Å². The summed E-state index contributed by atoms with van der Waals surface area (Å²) in [5.41, 5.74) is 0.746. The lowest BCUT2D eigenvalue weighted by molar-refractivity contribution is -0.146. The molecule has 0 aromatic heterocycles. The monoisotopic (exact) mass is 517 g/mol. The van der Waals surface area contributed by atoms with E-state index in [0.717, 1.165) is 12.0 Å². The highest BCUT2D eigenvalue weighted by Gasteiger charge is 2.61. The Balaban J connectivity index is 3.59. The summed E-state index contributed by atoms with van der Waals surface area (Å²) >= 11 is 0. The second-order valence-corrected chi connectivity index (χ2v) is 12.0. The van der Waals surface area contributed by atoms with Crippen molar-refractivity contribution in [2.24, 2.45) is 5.41 Å². The van der Waals surface area contributed by atoms with Crippen LogP contribution in [0.5, 0.6) is 5.75 Å². The number of hydrogen-bond donors (Lipinski definition) is 4. The third kappa shape index (κ3) is 6.87. The number of benzene rings is 1. The zero-order valence-electron chi connectivity index (χ0n) is 21.0. The molecule has 11 heteroatoms. The number of rotatable bonds is 13. The molecule has 0 amide bonds. The van der Waals surface area contributed by atoms with E-state index in [9.17, 15) is 43.0 Å². The number of ketones is 2. The van der Waals surface area contributed by atoms with Crippen molar-refractivity contribution < 1.29 is 47.7 Å². The van der Waals surface area contributed by atoms with Crippen LogP contribution in [0.15, 0.2) is 24.3 Å². The van der Waals surface area contributed by atoms with Gasteiger partial charge in [0, 0.05) is 0 Å². The topological polar surface area (TPSA) is 181 Å². The summed E-state index contributed by atoms with van der Waals surface area (Å²) in [6, 6.07) is 6.45. The van der Waals surface area contributed by atoms with Gasteiger partial charge >= 0.3 is 0 Å². The summed E-state index contributed by atoms with van der Waals surface area (Å²) < 4.78 is 39.3. The molecule has 0 fully saturated rings. The maximum atomic E-state index is 12.9. The Kier molecular flexibility index (Phi) is 10.2. The van der Waals surface area contributed by atoms with E-state index in [-0.39, 0.29) is 23.0 Å².